The molecule has 0 fully saturated rings. The van der Waals surface area contributed by atoms with Gasteiger partial charge in [-0.15, -0.1) is 0 Å². The average Bonchev–Trinajstić information content (AvgIpc) is 3.00. The van der Waals surface area contributed by atoms with E-state index in [4.69, 9.17) is 10.6 Å². The molecule has 0 aliphatic rings. The maximum atomic E-state index is 12.6. The highest BCUT2D eigenvalue weighted by molar-refractivity contribution is 5.70. The first-order valence-corrected chi connectivity index (χ1v) is 6.71. The molecule has 23 heavy (non-hydrogen) atoms. The summed E-state index contributed by atoms with van der Waals surface area (Å²) in [6.45, 7) is 0.126. The molecule has 1 aromatic heterocycles. The lowest BCUT2D eigenvalue weighted by atomic mass is 9.92. The molecule has 2 aromatic rings. The van der Waals surface area contributed by atoms with Crippen molar-refractivity contribution in [1.29, 1.82) is 0 Å². The Morgan fingerprint density at radius 2 is 2.04 bits per heavy atom. The molecule has 1 atom stereocenters. The van der Waals surface area contributed by atoms with Gasteiger partial charge in [0, 0.05) is 12.1 Å². The number of alkyl halides is 3. The standard InChI is InChI=1S/C14H15F3N4O2/c15-14(16,17)10-3-1-9(2-4-10)11(12-7-19-8-20-12)5-6-23-21-13(18)22/h1-4,7-8,11H,5-6H2,(H,19,20)(H3,18,21,22). The van der Waals surface area contributed by atoms with Gasteiger partial charge in [-0.1, -0.05) is 12.1 Å². The lowest BCUT2D eigenvalue weighted by molar-refractivity contribution is -0.137. The summed E-state index contributed by atoms with van der Waals surface area (Å²) in [5.74, 6) is -0.279. The zero-order chi connectivity index (χ0) is 16.9. The van der Waals surface area contributed by atoms with Crippen molar-refractivity contribution in [2.45, 2.75) is 18.5 Å². The number of benzene rings is 1. The van der Waals surface area contributed by atoms with Gasteiger partial charge in [0.15, 0.2) is 0 Å². The third-order valence-corrected chi connectivity index (χ3v) is 3.20. The summed E-state index contributed by atoms with van der Waals surface area (Å²) in [6.07, 6.45) is -0.843. The number of imidazole rings is 1. The third kappa shape index (κ3) is 4.71. The normalized spacial score (nSPS) is 12.8. The molecule has 0 saturated carbocycles. The molecule has 0 spiro atoms. The largest absolute Gasteiger partial charge is 0.416 e. The van der Waals surface area contributed by atoms with Crippen LogP contribution in [0.2, 0.25) is 0 Å². The van der Waals surface area contributed by atoms with Crippen LogP contribution in [0, 0.1) is 0 Å². The van der Waals surface area contributed by atoms with Crippen LogP contribution >= 0.6 is 0 Å². The van der Waals surface area contributed by atoms with Crippen molar-refractivity contribution in [2.75, 3.05) is 6.61 Å². The molecular weight excluding hydrogens is 313 g/mol. The van der Waals surface area contributed by atoms with Crippen LogP contribution in [0.1, 0.15) is 29.2 Å². The summed E-state index contributed by atoms with van der Waals surface area (Å²) >= 11 is 0. The van der Waals surface area contributed by atoms with E-state index in [-0.39, 0.29) is 12.5 Å². The van der Waals surface area contributed by atoms with E-state index in [1.54, 1.807) is 6.20 Å². The number of nitrogens with one attached hydrogen (secondary N) is 2. The SMILES string of the molecule is NC(=O)NOCCC(c1ccc(C(F)(F)F)cc1)c1c[nH]cn1. The topological polar surface area (TPSA) is 93.0 Å². The van der Waals surface area contributed by atoms with Gasteiger partial charge in [0.1, 0.15) is 0 Å². The van der Waals surface area contributed by atoms with Crippen LogP contribution in [0.4, 0.5) is 18.0 Å². The molecular formula is C14H15F3N4O2. The van der Waals surface area contributed by atoms with Gasteiger partial charge < -0.3 is 10.7 Å². The first-order valence-electron chi connectivity index (χ1n) is 6.71. The minimum atomic E-state index is -4.38. The second kappa shape index (κ2) is 7.14. The van der Waals surface area contributed by atoms with Crippen LogP contribution in [0.25, 0.3) is 0 Å². The van der Waals surface area contributed by atoms with Crippen molar-refractivity contribution in [2.24, 2.45) is 5.73 Å². The Bertz CT molecular complexity index is 626. The number of halogens is 3. The fourth-order valence-electron chi connectivity index (χ4n) is 2.15. The molecule has 0 saturated heterocycles. The monoisotopic (exact) mass is 328 g/mol. The Labute approximate surface area is 129 Å². The number of amides is 2. The summed E-state index contributed by atoms with van der Waals surface area (Å²) in [6, 6.07) is 4.04. The van der Waals surface area contributed by atoms with Crippen molar-refractivity contribution < 1.29 is 22.8 Å². The smallest absolute Gasteiger partial charge is 0.351 e. The molecule has 6 nitrogen and oxygen atoms in total. The Hall–Kier alpha value is -2.55. The van der Waals surface area contributed by atoms with Gasteiger partial charge in [0.05, 0.1) is 24.2 Å². The van der Waals surface area contributed by atoms with Crippen molar-refractivity contribution in [3.8, 4) is 0 Å². The maximum absolute atomic E-state index is 12.6. The fourth-order valence-corrected chi connectivity index (χ4v) is 2.15. The molecule has 0 radical (unpaired) electrons. The van der Waals surface area contributed by atoms with Gasteiger partial charge in [-0.05, 0) is 24.1 Å². The van der Waals surface area contributed by atoms with Crippen molar-refractivity contribution in [3.63, 3.8) is 0 Å². The number of carbonyl (C=O) groups excluding carboxylic acids is 1. The summed E-state index contributed by atoms with van der Waals surface area (Å²) < 4.78 is 37.9. The number of nitrogens with two attached hydrogens (primary N) is 1. The Morgan fingerprint density at radius 1 is 1.35 bits per heavy atom. The zero-order valence-electron chi connectivity index (χ0n) is 11.9. The van der Waals surface area contributed by atoms with E-state index >= 15 is 0 Å². The number of carbonyl (C=O) groups is 1. The highest BCUT2D eigenvalue weighted by Gasteiger charge is 2.30. The van der Waals surface area contributed by atoms with Gasteiger partial charge in [-0.2, -0.15) is 13.2 Å². The first kappa shape index (κ1) is 16.8. The molecule has 4 N–H and O–H groups in total. The van der Waals surface area contributed by atoms with Gasteiger partial charge in [0.2, 0.25) is 0 Å². The van der Waals surface area contributed by atoms with Crippen LogP contribution < -0.4 is 11.2 Å². The van der Waals surface area contributed by atoms with E-state index in [2.05, 4.69) is 9.97 Å². The van der Waals surface area contributed by atoms with Crippen LogP contribution in [-0.4, -0.2) is 22.6 Å². The van der Waals surface area contributed by atoms with Gasteiger partial charge in [-0.3, -0.25) is 4.84 Å². The first-order chi connectivity index (χ1) is 10.9. The highest BCUT2D eigenvalue weighted by atomic mass is 19.4. The van der Waals surface area contributed by atoms with E-state index in [0.29, 0.717) is 17.7 Å². The number of hydrogen-bond donors (Lipinski definition) is 3. The molecule has 1 heterocycles. The number of H-pyrrole nitrogens is 1. The van der Waals surface area contributed by atoms with Crippen LogP contribution in [0.5, 0.6) is 0 Å². The second-order valence-corrected chi connectivity index (χ2v) is 4.77. The molecule has 0 bridgehead atoms. The average molecular weight is 328 g/mol. The minimum Gasteiger partial charge on any atom is -0.351 e. The number of hydroxylamine groups is 1. The lowest BCUT2D eigenvalue weighted by Crippen LogP contribution is -2.30. The van der Waals surface area contributed by atoms with E-state index in [9.17, 15) is 18.0 Å². The van der Waals surface area contributed by atoms with E-state index in [0.717, 1.165) is 12.1 Å². The number of rotatable bonds is 6. The molecule has 2 amide bonds. The molecule has 1 aromatic carbocycles. The number of aromatic nitrogens is 2. The second-order valence-electron chi connectivity index (χ2n) is 4.77. The number of nitrogens with zero attached hydrogens (tertiary/aromatic N) is 1. The van der Waals surface area contributed by atoms with Crippen LogP contribution in [-0.2, 0) is 11.0 Å². The maximum Gasteiger partial charge on any atom is 0.416 e. The third-order valence-electron chi connectivity index (χ3n) is 3.20. The molecule has 0 aliphatic carbocycles. The molecule has 124 valence electrons. The quantitative estimate of drug-likeness (QED) is 0.562. The van der Waals surface area contributed by atoms with E-state index in [1.807, 2.05) is 5.48 Å². The van der Waals surface area contributed by atoms with Gasteiger partial charge in [-0.25, -0.2) is 15.3 Å². The molecule has 0 aliphatic heterocycles. The Morgan fingerprint density at radius 3 is 2.57 bits per heavy atom. The van der Waals surface area contributed by atoms with Crippen molar-refractivity contribution in [3.05, 3.63) is 53.6 Å². The van der Waals surface area contributed by atoms with Crippen LogP contribution in [0.15, 0.2) is 36.8 Å². The molecule has 9 heteroatoms. The predicted molar refractivity (Wildman–Crippen MR) is 75.2 cm³/mol. The van der Waals surface area contributed by atoms with Crippen LogP contribution in [0.3, 0.4) is 0 Å². The van der Waals surface area contributed by atoms with Gasteiger partial charge >= 0.3 is 12.2 Å². The van der Waals surface area contributed by atoms with Gasteiger partial charge in [0.25, 0.3) is 0 Å². The van der Waals surface area contributed by atoms with E-state index < -0.39 is 17.8 Å². The summed E-state index contributed by atoms with van der Waals surface area (Å²) in [5.41, 5.74) is 7.47. The van der Waals surface area contributed by atoms with Crippen molar-refractivity contribution in [1.82, 2.24) is 15.4 Å². The minimum absolute atomic E-state index is 0.126. The Balaban J connectivity index is 2.12. The zero-order valence-corrected chi connectivity index (χ0v) is 11.9. The number of aromatic amines is 1. The number of hydrogen-bond acceptors (Lipinski definition) is 3. The summed E-state index contributed by atoms with van der Waals surface area (Å²) in [5, 5.41) is 0. The summed E-state index contributed by atoms with van der Waals surface area (Å²) in [7, 11) is 0. The fraction of sp³-hybridized carbons (Fsp3) is 0.286. The summed E-state index contributed by atoms with van der Waals surface area (Å²) in [4.78, 5) is 22.4. The van der Waals surface area contributed by atoms with Crippen molar-refractivity contribution >= 4 is 6.03 Å². The molecule has 2 rings (SSSR count). The number of urea groups is 1. The Kier molecular flexibility index (Phi) is 5.22. The van der Waals surface area contributed by atoms with E-state index in [1.165, 1.54) is 18.5 Å². The molecule has 1 unspecified atom stereocenters. The number of primary amides is 1. The predicted octanol–water partition coefficient (Wildman–Crippen LogP) is 2.55. The lowest BCUT2D eigenvalue weighted by Gasteiger charge is -2.16. The highest BCUT2D eigenvalue weighted by Crippen LogP contribution is 2.32.